The Kier molecular flexibility index (Phi) is 2.77. The number of carboxylic acids is 1. The van der Waals surface area contributed by atoms with Crippen molar-refractivity contribution < 1.29 is 14.3 Å². The Morgan fingerprint density at radius 3 is 2.89 bits per heavy atom. The van der Waals surface area contributed by atoms with Gasteiger partial charge in [0.1, 0.15) is 5.82 Å². The summed E-state index contributed by atoms with van der Waals surface area (Å²) in [5, 5.41) is 16.7. The number of nitrogens with zero attached hydrogens (tertiary/aromatic N) is 3. The van der Waals surface area contributed by atoms with Crippen molar-refractivity contribution in [3.63, 3.8) is 0 Å². The molecule has 0 radical (unpaired) electrons. The Hall–Kier alpha value is -2.24. The van der Waals surface area contributed by atoms with E-state index in [9.17, 15) is 9.18 Å². The molecule has 1 heterocycles. The lowest BCUT2D eigenvalue weighted by molar-refractivity contribution is 0.0689. The van der Waals surface area contributed by atoms with Crippen LogP contribution in [0.4, 0.5) is 4.39 Å². The quantitative estimate of drug-likeness (QED) is 0.914. The first-order chi connectivity index (χ1) is 9.15. The largest absolute Gasteiger partial charge is 0.476 e. The summed E-state index contributed by atoms with van der Waals surface area (Å²) < 4.78 is 14.7. The minimum atomic E-state index is -1.06. The number of aromatic carboxylic acids is 1. The standard InChI is InChI=1S/C13H12FN3O2/c14-10-3-1-2-8(6-10)7-17-12(9-4-5-9)11(13(18)19)15-16-17/h1-3,6,9H,4-5,7H2,(H,18,19). The van der Waals surface area contributed by atoms with E-state index in [0.29, 0.717) is 12.2 Å². The summed E-state index contributed by atoms with van der Waals surface area (Å²) in [5.41, 5.74) is 1.40. The Balaban J connectivity index is 1.94. The van der Waals surface area contributed by atoms with E-state index in [1.54, 1.807) is 16.8 Å². The summed E-state index contributed by atoms with van der Waals surface area (Å²) >= 11 is 0. The molecule has 1 aromatic heterocycles. The van der Waals surface area contributed by atoms with Crippen molar-refractivity contribution >= 4 is 5.97 Å². The molecular weight excluding hydrogens is 249 g/mol. The van der Waals surface area contributed by atoms with Crippen LogP contribution >= 0.6 is 0 Å². The first-order valence-corrected chi connectivity index (χ1v) is 6.06. The van der Waals surface area contributed by atoms with Crippen molar-refractivity contribution in [3.8, 4) is 0 Å². The van der Waals surface area contributed by atoms with Crippen molar-refractivity contribution in [2.24, 2.45) is 0 Å². The first kappa shape index (κ1) is 11.8. The van der Waals surface area contributed by atoms with Gasteiger partial charge in [0.05, 0.1) is 12.2 Å². The molecule has 98 valence electrons. The fourth-order valence-corrected chi connectivity index (χ4v) is 2.16. The highest BCUT2D eigenvalue weighted by molar-refractivity contribution is 5.86. The summed E-state index contributed by atoms with van der Waals surface area (Å²) in [7, 11) is 0. The van der Waals surface area contributed by atoms with Crippen LogP contribution in [0.15, 0.2) is 24.3 Å². The molecule has 1 N–H and O–H groups in total. The highest BCUT2D eigenvalue weighted by Gasteiger charge is 2.33. The molecule has 1 aromatic carbocycles. The lowest BCUT2D eigenvalue weighted by atomic mass is 10.2. The van der Waals surface area contributed by atoms with Gasteiger partial charge in [0.15, 0.2) is 5.69 Å². The van der Waals surface area contributed by atoms with E-state index in [1.807, 2.05) is 0 Å². The van der Waals surface area contributed by atoms with Gasteiger partial charge in [-0.2, -0.15) is 0 Å². The molecule has 1 aliphatic carbocycles. The minimum absolute atomic E-state index is 0.0129. The van der Waals surface area contributed by atoms with Crippen LogP contribution in [0.1, 0.15) is 40.5 Å². The van der Waals surface area contributed by atoms with E-state index in [0.717, 1.165) is 18.4 Å². The van der Waals surface area contributed by atoms with Crippen molar-refractivity contribution in [1.82, 2.24) is 15.0 Å². The van der Waals surface area contributed by atoms with Crippen molar-refractivity contribution in [1.29, 1.82) is 0 Å². The third-order valence-electron chi connectivity index (χ3n) is 3.16. The van der Waals surface area contributed by atoms with Crippen molar-refractivity contribution in [2.75, 3.05) is 0 Å². The molecule has 1 aliphatic rings. The summed E-state index contributed by atoms with van der Waals surface area (Å²) in [6.45, 7) is 0.337. The molecular formula is C13H12FN3O2. The number of aromatic nitrogens is 3. The van der Waals surface area contributed by atoms with E-state index in [1.165, 1.54) is 12.1 Å². The molecule has 1 fully saturated rings. The molecule has 0 atom stereocenters. The van der Waals surface area contributed by atoms with E-state index >= 15 is 0 Å². The van der Waals surface area contributed by atoms with Gasteiger partial charge in [-0.05, 0) is 30.5 Å². The van der Waals surface area contributed by atoms with E-state index in [2.05, 4.69) is 10.3 Å². The second-order valence-corrected chi connectivity index (χ2v) is 4.69. The van der Waals surface area contributed by atoms with Crippen LogP contribution in [-0.4, -0.2) is 26.1 Å². The Morgan fingerprint density at radius 1 is 1.47 bits per heavy atom. The molecule has 0 spiro atoms. The SMILES string of the molecule is O=C(O)c1nnn(Cc2cccc(F)c2)c1C1CC1. The second-order valence-electron chi connectivity index (χ2n) is 4.69. The molecule has 0 amide bonds. The van der Waals surface area contributed by atoms with Gasteiger partial charge in [-0.1, -0.05) is 17.3 Å². The van der Waals surface area contributed by atoms with Gasteiger partial charge in [0.2, 0.25) is 0 Å². The Labute approximate surface area is 108 Å². The molecule has 2 aromatic rings. The number of halogens is 1. The summed E-state index contributed by atoms with van der Waals surface area (Å²) in [4.78, 5) is 11.1. The predicted octanol–water partition coefficient (Wildman–Crippen LogP) is 2.04. The predicted molar refractivity (Wildman–Crippen MR) is 64.5 cm³/mol. The smallest absolute Gasteiger partial charge is 0.358 e. The minimum Gasteiger partial charge on any atom is -0.476 e. The number of hydrogen-bond donors (Lipinski definition) is 1. The van der Waals surface area contributed by atoms with Gasteiger partial charge in [-0.3, -0.25) is 0 Å². The van der Waals surface area contributed by atoms with Crippen LogP contribution < -0.4 is 0 Å². The fourth-order valence-electron chi connectivity index (χ4n) is 2.16. The maximum Gasteiger partial charge on any atom is 0.358 e. The molecule has 0 aliphatic heterocycles. The number of carboxylic acid groups (broad SMARTS) is 1. The van der Waals surface area contributed by atoms with Gasteiger partial charge >= 0.3 is 5.97 Å². The third kappa shape index (κ3) is 2.33. The van der Waals surface area contributed by atoms with Crippen LogP contribution in [0.3, 0.4) is 0 Å². The van der Waals surface area contributed by atoms with Crippen LogP contribution in [0.25, 0.3) is 0 Å². The lowest BCUT2D eigenvalue weighted by Crippen LogP contribution is -2.08. The van der Waals surface area contributed by atoms with Gasteiger partial charge in [0, 0.05) is 5.92 Å². The average Bonchev–Trinajstić information content (AvgIpc) is 3.11. The molecule has 19 heavy (non-hydrogen) atoms. The molecule has 0 saturated heterocycles. The Morgan fingerprint density at radius 2 is 2.26 bits per heavy atom. The van der Waals surface area contributed by atoms with E-state index in [-0.39, 0.29) is 17.4 Å². The third-order valence-corrected chi connectivity index (χ3v) is 3.16. The van der Waals surface area contributed by atoms with Crippen LogP contribution in [0, 0.1) is 5.82 Å². The monoisotopic (exact) mass is 261 g/mol. The normalized spacial score (nSPS) is 14.6. The van der Waals surface area contributed by atoms with Gasteiger partial charge in [0.25, 0.3) is 0 Å². The summed E-state index contributed by atoms with van der Waals surface area (Å²) in [6, 6.07) is 6.19. The number of rotatable bonds is 4. The molecule has 3 rings (SSSR count). The molecule has 5 nitrogen and oxygen atoms in total. The summed E-state index contributed by atoms with van der Waals surface area (Å²) in [6.07, 6.45) is 1.91. The molecule has 0 unspecified atom stereocenters. The van der Waals surface area contributed by atoms with Gasteiger partial charge in [-0.25, -0.2) is 13.9 Å². The van der Waals surface area contributed by atoms with E-state index in [4.69, 9.17) is 5.11 Å². The first-order valence-electron chi connectivity index (χ1n) is 6.06. The number of hydrogen-bond acceptors (Lipinski definition) is 3. The number of carbonyl (C=O) groups is 1. The van der Waals surface area contributed by atoms with Gasteiger partial charge in [-0.15, -0.1) is 5.10 Å². The summed E-state index contributed by atoms with van der Waals surface area (Å²) in [5.74, 6) is -1.16. The zero-order valence-electron chi connectivity index (χ0n) is 10.1. The second kappa shape index (κ2) is 4.46. The van der Waals surface area contributed by atoms with E-state index < -0.39 is 5.97 Å². The van der Waals surface area contributed by atoms with Crippen LogP contribution in [0.2, 0.25) is 0 Å². The highest BCUT2D eigenvalue weighted by atomic mass is 19.1. The topological polar surface area (TPSA) is 68.0 Å². The molecule has 0 bridgehead atoms. The zero-order chi connectivity index (χ0) is 13.4. The maximum absolute atomic E-state index is 13.1. The lowest BCUT2D eigenvalue weighted by Gasteiger charge is -2.06. The van der Waals surface area contributed by atoms with Crippen LogP contribution in [0.5, 0.6) is 0 Å². The van der Waals surface area contributed by atoms with Gasteiger partial charge < -0.3 is 5.11 Å². The zero-order valence-corrected chi connectivity index (χ0v) is 10.1. The molecule has 1 saturated carbocycles. The number of benzene rings is 1. The van der Waals surface area contributed by atoms with Crippen molar-refractivity contribution in [3.05, 3.63) is 47.0 Å². The Bertz CT molecular complexity index is 635. The van der Waals surface area contributed by atoms with Crippen molar-refractivity contribution in [2.45, 2.75) is 25.3 Å². The average molecular weight is 261 g/mol. The maximum atomic E-state index is 13.1. The fraction of sp³-hybridized carbons (Fsp3) is 0.308. The highest BCUT2D eigenvalue weighted by Crippen LogP contribution is 2.41. The molecule has 6 heteroatoms. The van der Waals surface area contributed by atoms with Crippen LogP contribution in [-0.2, 0) is 6.54 Å².